The van der Waals surface area contributed by atoms with Gasteiger partial charge in [0.05, 0.1) is 44.0 Å². The summed E-state index contributed by atoms with van der Waals surface area (Å²) in [6, 6.07) is 4.07. The Morgan fingerprint density at radius 1 is 1.07 bits per heavy atom. The molecule has 0 aliphatic carbocycles. The summed E-state index contributed by atoms with van der Waals surface area (Å²) in [4.78, 5) is 42.6. The molecule has 44 heavy (non-hydrogen) atoms. The fourth-order valence-corrected chi connectivity index (χ4v) is 6.80. The highest BCUT2D eigenvalue weighted by Gasteiger charge is 2.27. The number of methoxy groups -OCH3 is 3. The number of fused-ring (bicyclic) bond motifs is 5. The second-order valence-electron chi connectivity index (χ2n) is 11.5. The number of nitrogens with zero attached hydrogens (tertiary/aromatic N) is 5. The summed E-state index contributed by atoms with van der Waals surface area (Å²) in [7, 11) is 4.85. The fraction of sp³-hybridized carbons (Fsp3) is 0.562. The summed E-state index contributed by atoms with van der Waals surface area (Å²) < 4.78 is 17.2. The van der Waals surface area contributed by atoms with Crippen LogP contribution < -0.4 is 24.4 Å². The Morgan fingerprint density at radius 2 is 1.89 bits per heavy atom. The predicted molar refractivity (Wildman–Crippen MR) is 172 cm³/mol. The van der Waals surface area contributed by atoms with Crippen molar-refractivity contribution in [1.82, 2.24) is 25.1 Å². The molecule has 2 bridgehead atoms. The minimum absolute atomic E-state index is 0.00993. The van der Waals surface area contributed by atoms with Gasteiger partial charge in [0.15, 0.2) is 11.5 Å². The van der Waals surface area contributed by atoms with Gasteiger partial charge in [-0.1, -0.05) is 6.92 Å². The minimum atomic E-state index is -0.0238. The lowest BCUT2D eigenvalue weighted by Gasteiger charge is -2.35. The number of aromatic nitrogens is 2. The van der Waals surface area contributed by atoms with Gasteiger partial charge in [-0.2, -0.15) is 0 Å². The summed E-state index contributed by atoms with van der Waals surface area (Å²) in [5.41, 5.74) is 2.63. The summed E-state index contributed by atoms with van der Waals surface area (Å²) in [5, 5.41) is 6.88. The Bertz CT molecular complexity index is 1480. The maximum Gasteiger partial charge on any atom is 0.228 e. The van der Waals surface area contributed by atoms with Crippen molar-refractivity contribution in [1.29, 1.82) is 0 Å². The van der Waals surface area contributed by atoms with Crippen LogP contribution in [0.25, 0.3) is 10.9 Å². The van der Waals surface area contributed by atoms with Crippen molar-refractivity contribution in [3.05, 3.63) is 33.8 Å². The molecule has 0 saturated carbocycles. The average molecular weight is 625 g/mol. The quantitative estimate of drug-likeness (QED) is 0.440. The average Bonchev–Trinajstić information content (AvgIpc) is 3.45. The smallest absolute Gasteiger partial charge is 0.228 e. The Labute approximate surface area is 263 Å². The Balaban J connectivity index is 1.52. The molecule has 0 radical (unpaired) electrons. The van der Waals surface area contributed by atoms with Gasteiger partial charge in [-0.05, 0) is 38.3 Å². The van der Waals surface area contributed by atoms with Gasteiger partial charge in [0.25, 0.3) is 0 Å². The van der Waals surface area contributed by atoms with Gasteiger partial charge in [0.1, 0.15) is 5.82 Å². The number of nitrogens with one attached hydrogen (secondary N) is 1. The van der Waals surface area contributed by atoms with Crippen molar-refractivity contribution < 1.29 is 23.8 Å². The van der Waals surface area contributed by atoms with Gasteiger partial charge in [-0.25, -0.2) is 9.97 Å². The molecule has 1 saturated heterocycles. The van der Waals surface area contributed by atoms with Crippen molar-refractivity contribution >= 4 is 39.9 Å². The molecule has 1 atom stereocenters. The van der Waals surface area contributed by atoms with E-state index in [-0.39, 0.29) is 24.7 Å². The lowest BCUT2D eigenvalue weighted by atomic mass is 9.97. The maximum atomic E-state index is 13.4. The summed E-state index contributed by atoms with van der Waals surface area (Å²) in [6.45, 7) is 9.36. The molecule has 2 aliphatic rings. The van der Waals surface area contributed by atoms with E-state index >= 15 is 0 Å². The van der Waals surface area contributed by atoms with Gasteiger partial charge < -0.3 is 29.3 Å². The monoisotopic (exact) mass is 624 g/mol. The highest BCUT2D eigenvalue weighted by atomic mass is 32.1. The number of likely N-dealkylation sites (N-methyl/N-ethyl adjacent to an activating group) is 1. The van der Waals surface area contributed by atoms with E-state index in [4.69, 9.17) is 19.2 Å². The fourth-order valence-electron chi connectivity index (χ4n) is 6.19. The third-order valence-electron chi connectivity index (χ3n) is 8.57. The number of carbonyl (C=O) groups excluding carboxylic acids is 2. The highest BCUT2D eigenvalue weighted by Crippen LogP contribution is 2.44. The number of piperidine rings is 1. The van der Waals surface area contributed by atoms with Gasteiger partial charge in [-0.15, -0.1) is 11.3 Å². The number of aryl methyl sites for hydroxylation is 1. The molecule has 2 aliphatic heterocycles. The van der Waals surface area contributed by atoms with E-state index in [0.29, 0.717) is 55.9 Å². The first-order valence-electron chi connectivity index (χ1n) is 15.4. The van der Waals surface area contributed by atoms with E-state index in [0.717, 1.165) is 65.5 Å². The largest absolute Gasteiger partial charge is 0.493 e. The number of benzene rings is 1. The van der Waals surface area contributed by atoms with Crippen molar-refractivity contribution in [2.45, 2.75) is 46.1 Å². The molecular formula is C32H44N6O5S. The van der Waals surface area contributed by atoms with E-state index in [2.05, 4.69) is 33.1 Å². The molecule has 12 heteroatoms. The number of amides is 2. The standard InChI is InChI=1S/C32H44N6O5S/c1-6-36-12-13-37(29(40)15-24-20-44-21(2)34-24)11-9-28(39)33-17-22-8-7-10-38(18-22)32-23(19-36)14-25-26(35-32)16-27(41-3)31(43-5)30(25)42-4/h14,16,20,22H,6-13,15,17-19H2,1-5H3,(H,33,39). The number of rotatable bonds is 6. The highest BCUT2D eigenvalue weighted by molar-refractivity contribution is 7.09. The van der Waals surface area contributed by atoms with Gasteiger partial charge >= 0.3 is 0 Å². The first kappa shape index (κ1) is 31.8. The van der Waals surface area contributed by atoms with Crippen LogP contribution in [0.5, 0.6) is 17.2 Å². The lowest BCUT2D eigenvalue weighted by Crippen LogP contribution is -2.42. The van der Waals surface area contributed by atoms with Crippen LogP contribution in [-0.2, 0) is 22.6 Å². The first-order valence-corrected chi connectivity index (χ1v) is 16.3. The molecule has 1 aromatic carbocycles. The van der Waals surface area contributed by atoms with Crippen molar-refractivity contribution in [2.75, 3.05) is 72.0 Å². The molecule has 3 aromatic rings. The number of ether oxygens (including phenoxy) is 3. The molecule has 5 rings (SSSR count). The maximum absolute atomic E-state index is 13.4. The summed E-state index contributed by atoms with van der Waals surface area (Å²) in [5.74, 6) is 2.89. The van der Waals surface area contributed by atoms with Crippen LogP contribution in [0.1, 0.15) is 42.5 Å². The molecule has 4 heterocycles. The molecule has 2 amide bonds. The molecule has 1 fully saturated rings. The number of hydrogen-bond donors (Lipinski definition) is 1. The van der Waals surface area contributed by atoms with Crippen LogP contribution in [0.3, 0.4) is 0 Å². The zero-order valence-electron chi connectivity index (χ0n) is 26.5. The summed E-state index contributed by atoms with van der Waals surface area (Å²) in [6.07, 6.45) is 2.57. The SMILES string of the molecule is CCN1CCN(C(=O)Cc2csc(C)n2)CCC(=O)NCC2CCCN(C2)c2nc3cc(OC)c(OC)c(OC)c3cc2C1. The van der Waals surface area contributed by atoms with E-state index in [1.54, 1.807) is 32.7 Å². The van der Waals surface area contributed by atoms with Crippen LogP contribution in [0.2, 0.25) is 0 Å². The molecule has 238 valence electrons. The van der Waals surface area contributed by atoms with Gasteiger partial charge in [0.2, 0.25) is 17.6 Å². The molecule has 1 N–H and O–H groups in total. The second-order valence-corrected chi connectivity index (χ2v) is 12.5. The van der Waals surface area contributed by atoms with Crippen molar-refractivity contribution in [3.8, 4) is 17.2 Å². The van der Waals surface area contributed by atoms with E-state index in [1.807, 2.05) is 23.3 Å². The third-order valence-corrected chi connectivity index (χ3v) is 9.40. The minimum Gasteiger partial charge on any atom is -0.493 e. The number of hydrogen-bond acceptors (Lipinski definition) is 10. The van der Waals surface area contributed by atoms with Crippen molar-refractivity contribution in [3.63, 3.8) is 0 Å². The first-order chi connectivity index (χ1) is 21.3. The van der Waals surface area contributed by atoms with Crippen LogP contribution in [0.15, 0.2) is 17.5 Å². The van der Waals surface area contributed by atoms with Gasteiger partial charge in [-0.3, -0.25) is 14.5 Å². The number of anilines is 1. The predicted octanol–water partition coefficient (Wildman–Crippen LogP) is 3.66. The zero-order valence-corrected chi connectivity index (χ0v) is 27.3. The lowest BCUT2D eigenvalue weighted by molar-refractivity contribution is -0.131. The van der Waals surface area contributed by atoms with E-state index in [9.17, 15) is 9.59 Å². The van der Waals surface area contributed by atoms with Crippen LogP contribution in [0.4, 0.5) is 5.82 Å². The third kappa shape index (κ3) is 7.18. The molecular weight excluding hydrogens is 580 g/mol. The molecule has 11 nitrogen and oxygen atoms in total. The van der Waals surface area contributed by atoms with Crippen LogP contribution >= 0.6 is 11.3 Å². The second kappa shape index (κ2) is 14.4. The number of pyridine rings is 1. The van der Waals surface area contributed by atoms with Crippen LogP contribution in [0, 0.1) is 12.8 Å². The van der Waals surface area contributed by atoms with E-state index in [1.165, 1.54) is 0 Å². The molecule has 2 aromatic heterocycles. The topological polar surface area (TPSA) is 109 Å². The zero-order chi connectivity index (χ0) is 31.2. The number of thiazole rings is 1. The van der Waals surface area contributed by atoms with Crippen LogP contribution in [-0.4, -0.2) is 98.7 Å². The Morgan fingerprint density at radius 3 is 2.59 bits per heavy atom. The Hall–Kier alpha value is -3.64. The molecule has 0 spiro atoms. The van der Waals surface area contributed by atoms with Crippen molar-refractivity contribution in [2.24, 2.45) is 5.92 Å². The van der Waals surface area contributed by atoms with Gasteiger partial charge in [0, 0.05) is 74.6 Å². The number of carbonyl (C=O) groups is 2. The molecule has 1 unspecified atom stereocenters. The Kier molecular flexibility index (Phi) is 10.4. The normalized spacial score (nSPS) is 18.7. The van der Waals surface area contributed by atoms with E-state index < -0.39 is 0 Å². The summed E-state index contributed by atoms with van der Waals surface area (Å²) >= 11 is 1.54.